The molecule has 2 nitrogen and oxygen atoms in total. The maximum absolute atomic E-state index is 13.1. The van der Waals surface area contributed by atoms with Crippen LogP contribution >= 0.6 is 11.6 Å². The Kier molecular flexibility index (Phi) is 3.48. The number of hydrogen-bond acceptors (Lipinski definition) is 1. The van der Waals surface area contributed by atoms with Crippen molar-refractivity contribution < 1.29 is 23.1 Å². The molecule has 0 unspecified atom stereocenters. The van der Waals surface area contributed by atoms with Crippen LogP contribution in [0.15, 0.2) is 30.3 Å². The Morgan fingerprint density at radius 2 is 1.63 bits per heavy atom. The molecule has 0 spiro atoms. The zero-order valence-corrected chi connectivity index (χ0v) is 10.0. The quantitative estimate of drug-likeness (QED) is 0.843. The van der Waals surface area contributed by atoms with E-state index in [0.717, 1.165) is 18.2 Å². The van der Waals surface area contributed by atoms with Gasteiger partial charge in [0.05, 0.1) is 5.56 Å². The smallest absolute Gasteiger partial charge is 0.335 e. The molecular formula is C13H6ClF3O2. The highest BCUT2D eigenvalue weighted by Gasteiger charge is 2.14. The van der Waals surface area contributed by atoms with Gasteiger partial charge in [0.1, 0.15) is 0 Å². The van der Waals surface area contributed by atoms with Crippen molar-refractivity contribution in [3.05, 3.63) is 58.4 Å². The second-order valence-electron chi connectivity index (χ2n) is 3.75. The van der Waals surface area contributed by atoms with Crippen LogP contribution in [-0.4, -0.2) is 11.1 Å². The number of aromatic carboxylic acids is 1. The van der Waals surface area contributed by atoms with Crippen molar-refractivity contribution in [2.24, 2.45) is 0 Å². The molecule has 0 fully saturated rings. The van der Waals surface area contributed by atoms with Crippen LogP contribution in [0.4, 0.5) is 13.2 Å². The van der Waals surface area contributed by atoms with E-state index >= 15 is 0 Å². The van der Waals surface area contributed by atoms with Crippen LogP contribution in [0.5, 0.6) is 0 Å². The molecule has 2 rings (SSSR count). The molecule has 0 aliphatic carbocycles. The summed E-state index contributed by atoms with van der Waals surface area (Å²) in [6.45, 7) is 0. The van der Waals surface area contributed by atoms with Gasteiger partial charge >= 0.3 is 5.97 Å². The molecular weight excluding hydrogens is 281 g/mol. The highest BCUT2D eigenvalue weighted by Crippen LogP contribution is 2.30. The van der Waals surface area contributed by atoms with Gasteiger partial charge in [-0.25, -0.2) is 18.0 Å². The lowest BCUT2D eigenvalue weighted by atomic mass is 10.0. The van der Waals surface area contributed by atoms with E-state index in [0.29, 0.717) is 0 Å². The van der Waals surface area contributed by atoms with Gasteiger partial charge < -0.3 is 5.11 Å². The lowest BCUT2D eigenvalue weighted by molar-refractivity contribution is 0.0697. The number of carbonyl (C=O) groups is 1. The molecule has 6 heteroatoms. The summed E-state index contributed by atoms with van der Waals surface area (Å²) in [4.78, 5) is 10.7. The third kappa shape index (κ3) is 2.56. The molecule has 0 atom stereocenters. The zero-order chi connectivity index (χ0) is 14.2. The molecule has 2 aromatic rings. The number of rotatable bonds is 2. The summed E-state index contributed by atoms with van der Waals surface area (Å²) < 4.78 is 39.1. The average Bonchev–Trinajstić information content (AvgIpc) is 2.35. The Balaban J connectivity index is 2.56. The number of carboxylic acid groups (broad SMARTS) is 1. The molecule has 0 aromatic heterocycles. The summed E-state index contributed by atoms with van der Waals surface area (Å²) in [6.07, 6.45) is 0. The van der Waals surface area contributed by atoms with Crippen LogP contribution < -0.4 is 0 Å². The molecule has 0 radical (unpaired) electrons. The van der Waals surface area contributed by atoms with Gasteiger partial charge in [0.2, 0.25) is 0 Å². The normalized spacial score (nSPS) is 10.5. The minimum Gasteiger partial charge on any atom is -0.478 e. The number of carboxylic acids is 1. The first-order valence-electron chi connectivity index (χ1n) is 5.08. The lowest BCUT2D eigenvalue weighted by Crippen LogP contribution is -1.97. The second-order valence-corrected chi connectivity index (χ2v) is 4.16. The first kappa shape index (κ1) is 13.4. The molecule has 0 saturated heterocycles. The van der Waals surface area contributed by atoms with Crippen molar-refractivity contribution >= 4 is 17.6 Å². The second kappa shape index (κ2) is 4.93. The minimum absolute atomic E-state index is 0.00491. The minimum atomic E-state index is -1.57. The fraction of sp³-hybridized carbons (Fsp3) is 0. The van der Waals surface area contributed by atoms with Gasteiger partial charge in [-0.15, -0.1) is 0 Å². The molecule has 0 heterocycles. The Morgan fingerprint density at radius 3 is 2.11 bits per heavy atom. The van der Waals surface area contributed by atoms with Crippen LogP contribution in [0.1, 0.15) is 10.4 Å². The molecule has 1 N–H and O–H groups in total. The van der Waals surface area contributed by atoms with Crippen molar-refractivity contribution in [1.82, 2.24) is 0 Å². The number of halogens is 4. The molecule has 0 bridgehead atoms. The van der Waals surface area contributed by atoms with Crippen molar-refractivity contribution in [3.8, 4) is 11.1 Å². The Bertz CT molecular complexity index is 648. The summed E-state index contributed by atoms with van der Waals surface area (Å²) in [6, 6.07) is 5.28. The fourth-order valence-corrected chi connectivity index (χ4v) is 1.88. The van der Waals surface area contributed by atoms with Gasteiger partial charge in [-0.1, -0.05) is 17.7 Å². The highest BCUT2D eigenvalue weighted by atomic mass is 35.5. The van der Waals surface area contributed by atoms with E-state index < -0.39 is 23.4 Å². The summed E-state index contributed by atoms with van der Waals surface area (Å²) in [7, 11) is 0. The summed E-state index contributed by atoms with van der Waals surface area (Å²) in [5, 5.41) is 8.77. The third-order valence-electron chi connectivity index (χ3n) is 2.51. The first-order chi connectivity index (χ1) is 8.90. The number of hydrogen-bond donors (Lipinski definition) is 1. The van der Waals surface area contributed by atoms with Crippen LogP contribution in [0.3, 0.4) is 0 Å². The molecule has 98 valence electrons. The monoisotopic (exact) mass is 286 g/mol. The van der Waals surface area contributed by atoms with E-state index in [9.17, 15) is 18.0 Å². The van der Waals surface area contributed by atoms with Crippen molar-refractivity contribution in [2.45, 2.75) is 0 Å². The fourth-order valence-electron chi connectivity index (χ4n) is 1.59. The van der Waals surface area contributed by atoms with Gasteiger partial charge in [0, 0.05) is 10.6 Å². The van der Waals surface area contributed by atoms with E-state index in [1.165, 1.54) is 12.1 Å². The number of benzene rings is 2. The third-order valence-corrected chi connectivity index (χ3v) is 2.82. The maximum Gasteiger partial charge on any atom is 0.335 e. The van der Waals surface area contributed by atoms with Gasteiger partial charge in [0.15, 0.2) is 17.5 Å². The van der Waals surface area contributed by atoms with Gasteiger partial charge in [-0.05, 0) is 29.8 Å². The zero-order valence-electron chi connectivity index (χ0n) is 9.25. The van der Waals surface area contributed by atoms with Crippen LogP contribution in [0, 0.1) is 17.5 Å². The topological polar surface area (TPSA) is 37.3 Å². The molecule has 2 aromatic carbocycles. The summed E-state index contributed by atoms with van der Waals surface area (Å²) in [5.41, 5.74) is 0.180. The van der Waals surface area contributed by atoms with Crippen molar-refractivity contribution in [2.75, 3.05) is 0 Å². The van der Waals surface area contributed by atoms with Crippen molar-refractivity contribution in [1.29, 1.82) is 0 Å². The van der Waals surface area contributed by atoms with Gasteiger partial charge in [-0.3, -0.25) is 0 Å². The van der Waals surface area contributed by atoms with Crippen LogP contribution in [0.2, 0.25) is 5.02 Å². The molecule has 19 heavy (non-hydrogen) atoms. The first-order valence-corrected chi connectivity index (χ1v) is 5.45. The van der Waals surface area contributed by atoms with E-state index in [4.69, 9.17) is 16.7 Å². The van der Waals surface area contributed by atoms with E-state index in [2.05, 4.69) is 0 Å². The molecule has 0 aliphatic heterocycles. The highest BCUT2D eigenvalue weighted by molar-refractivity contribution is 6.33. The van der Waals surface area contributed by atoms with Crippen LogP contribution in [-0.2, 0) is 0 Å². The Hall–Kier alpha value is -2.01. The van der Waals surface area contributed by atoms with Crippen LogP contribution in [0.25, 0.3) is 11.1 Å². The predicted octanol–water partition coefficient (Wildman–Crippen LogP) is 4.12. The van der Waals surface area contributed by atoms with E-state index in [1.54, 1.807) is 0 Å². The van der Waals surface area contributed by atoms with E-state index in [-0.39, 0.29) is 21.7 Å². The van der Waals surface area contributed by atoms with Crippen molar-refractivity contribution in [3.63, 3.8) is 0 Å². The Labute approximate surface area is 111 Å². The van der Waals surface area contributed by atoms with Gasteiger partial charge in [-0.2, -0.15) is 0 Å². The summed E-state index contributed by atoms with van der Waals surface area (Å²) in [5.74, 6) is -5.42. The van der Waals surface area contributed by atoms with Gasteiger partial charge in [0.25, 0.3) is 0 Å². The maximum atomic E-state index is 13.1. The lowest BCUT2D eigenvalue weighted by Gasteiger charge is -2.07. The SMILES string of the molecule is O=C(O)c1ccc(-c2cc(F)c(F)c(F)c2)c(Cl)c1. The summed E-state index contributed by atoms with van der Waals surface area (Å²) >= 11 is 5.85. The molecule has 0 aliphatic rings. The largest absolute Gasteiger partial charge is 0.478 e. The molecule has 0 amide bonds. The standard InChI is InChI=1S/C13H6ClF3O2/c14-9-3-6(13(18)19)1-2-8(9)7-4-10(15)12(17)11(16)5-7/h1-5H,(H,18,19). The Morgan fingerprint density at radius 1 is 1.05 bits per heavy atom. The predicted molar refractivity (Wildman–Crippen MR) is 63.7 cm³/mol. The average molecular weight is 287 g/mol. The molecule has 0 saturated carbocycles. The van der Waals surface area contributed by atoms with E-state index in [1.807, 2.05) is 0 Å².